The standard InChI is InChI=1S/C23H18N4O3S2/c1-14-15(2)27(16-7-4-3-5-8-16)21(18(14)12-24)25-20(28)13-26-22(29)19(32-23(26)30)11-17-9-6-10-31-17/h3-11H,13H2,1-2H3,(H,25,28)/b19-11-. The number of anilines is 1. The molecule has 1 aromatic carbocycles. The number of hydrogen-bond acceptors (Lipinski definition) is 6. The van der Waals surface area contributed by atoms with E-state index in [0.29, 0.717) is 11.4 Å². The van der Waals surface area contributed by atoms with Crippen molar-refractivity contribution < 1.29 is 14.4 Å². The molecule has 1 N–H and O–H groups in total. The summed E-state index contributed by atoms with van der Waals surface area (Å²) in [6.07, 6.45) is 1.65. The molecular weight excluding hydrogens is 444 g/mol. The third-order valence-electron chi connectivity index (χ3n) is 5.09. The maximum atomic E-state index is 12.8. The summed E-state index contributed by atoms with van der Waals surface area (Å²) in [5.41, 5.74) is 2.69. The van der Waals surface area contributed by atoms with Gasteiger partial charge >= 0.3 is 0 Å². The number of imide groups is 1. The summed E-state index contributed by atoms with van der Waals surface area (Å²) in [7, 11) is 0. The lowest BCUT2D eigenvalue weighted by Crippen LogP contribution is -2.36. The average Bonchev–Trinajstić information content (AvgIpc) is 3.44. The van der Waals surface area contributed by atoms with E-state index in [-0.39, 0.29) is 4.91 Å². The fourth-order valence-electron chi connectivity index (χ4n) is 3.41. The molecule has 1 saturated heterocycles. The van der Waals surface area contributed by atoms with Gasteiger partial charge in [0.2, 0.25) is 5.91 Å². The number of thioether (sulfide) groups is 1. The Morgan fingerprint density at radius 1 is 1.16 bits per heavy atom. The summed E-state index contributed by atoms with van der Waals surface area (Å²) < 4.78 is 1.79. The number of benzene rings is 1. The second-order valence-electron chi connectivity index (χ2n) is 7.05. The minimum absolute atomic E-state index is 0.280. The fraction of sp³-hybridized carbons (Fsp3) is 0.130. The molecule has 0 spiro atoms. The van der Waals surface area contributed by atoms with Gasteiger partial charge in [-0.3, -0.25) is 23.9 Å². The van der Waals surface area contributed by atoms with Crippen LogP contribution in [0.4, 0.5) is 10.6 Å². The smallest absolute Gasteiger partial charge is 0.294 e. The summed E-state index contributed by atoms with van der Waals surface area (Å²) in [4.78, 5) is 40.0. The van der Waals surface area contributed by atoms with E-state index in [1.54, 1.807) is 10.6 Å². The molecule has 0 bridgehead atoms. The van der Waals surface area contributed by atoms with E-state index in [1.165, 1.54) is 11.3 Å². The Kier molecular flexibility index (Phi) is 5.99. The van der Waals surface area contributed by atoms with Gasteiger partial charge in [-0.25, -0.2) is 0 Å². The zero-order valence-corrected chi connectivity index (χ0v) is 18.9. The van der Waals surface area contributed by atoms with Crippen molar-refractivity contribution in [1.82, 2.24) is 9.47 Å². The Bertz CT molecular complexity index is 1280. The zero-order valence-electron chi connectivity index (χ0n) is 17.3. The van der Waals surface area contributed by atoms with Crippen LogP contribution in [0, 0.1) is 25.2 Å². The number of rotatable bonds is 5. The molecule has 3 heterocycles. The van der Waals surface area contributed by atoms with Crippen LogP contribution in [-0.2, 0) is 9.59 Å². The Balaban J connectivity index is 1.59. The minimum Gasteiger partial charge on any atom is -0.309 e. The molecule has 3 aromatic rings. The lowest BCUT2D eigenvalue weighted by Gasteiger charge is -2.15. The maximum Gasteiger partial charge on any atom is 0.294 e. The van der Waals surface area contributed by atoms with Crippen LogP contribution in [0.15, 0.2) is 52.7 Å². The number of aromatic nitrogens is 1. The van der Waals surface area contributed by atoms with Crippen molar-refractivity contribution in [2.45, 2.75) is 13.8 Å². The molecular formula is C23H18N4O3S2. The largest absolute Gasteiger partial charge is 0.309 e. The van der Waals surface area contributed by atoms with E-state index in [0.717, 1.165) is 38.5 Å². The van der Waals surface area contributed by atoms with Crippen molar-refractivity contribution in [3.05, 3.63) is 74.4 Å². The number of nitrogens with one attached hydrogen (secondary N) is 1. The topological polar surface area (TPSA) is 95.2 Å². The van der Waals surface area contributed by atoms with Crippen molar-refractivity contribution in [1.29, 1.82) is 5.26 Å². The number of amides is 3. The normalized spacial score (nSPS) is 14.8. The maximum absolute atomic E-state index is 12.8. The van der Waals surface area contributed by atoms with Crippen LogP contribution in [0.5, 0.6) is 0 Å². The summed E-state index contributed by atoms with van der Waals surface area (Å²) in [6, 6.07) is 15.2. The van der Waals surface area contributed by atoms with Crippen LogP contribution in [0.3, 0.4) is 0 Å². The van der Waals surface area contributed by atoms with Crippen LogP contribution in [0.25, 0.3) is 11.8 Å². The number of nitriles is 1. The predicted octanol–water partition coefficient (Wildman–Crippen LogP) is 4.70. The van der Waals surface area contributed by atoms with Crippen molar-refractivity contribution in [2.75, 3.05) is 11.9 Å². The highest BCUT2D eigenvalue weighted by Gasteiger charge is 2.36. The van der Waals surface area contributed by atoms with Crippen molar-refractivity contribution in [3.63, 3.8) is 0 Å². The van der Waals surface area contributed by atoms with Gasteiger partial charge in [0.1, 0.15) is 18.4 Å². The number of thiophene rings is 1. The lowest BCUT2D eigenvalue weighted by atomic mass is 10.2. The molecule has 32 heavy (non-hydrogen) atoms. The van der Waals surface area contributed by atoms with E-state index in [4.69, 9.17) is 0 Å². The number of para-hydroxylation sites is 1. The van der Waals surface area contributed by atoms with Gasteiger partial charge in [-0.15, -0.1) is 11.3 Å². The van der Waals surface area contributed by atoms with Gasteiger partial charge in [-0.2, -0.15) is 5.26 Å². The van der Waals surface area contributed by atoms with Gasteiger partial charge in [0.05, 0.1) is 10.5 Å². The highest BCUT2D eigenvalue weighted by molar-refractivity contribution is 8.18. The van der Waals surface area contributed by atoms with Gasteiger partial charge in [0.15, 0.2) is 0 Å². The van der Waals surface area contributed by atoms with Gasteiger partial charge in [-0.1, -0.05) is 24.3 Å². The number of carbonyl (C=O) groups excluding carboxylic acids is 3. The first kappa shape index (κ1) is 21.6. The van der Waals surface area contributed by atoms with Gasteiger partial charge < -0.3 is 5.32 Å². The average molecular weight is 463 g/mol. The quantitative estimate of drug-likeness (QED) is 0.555. The Morgan fingerprint density at radius 3 is 2.56 bits per heavy atom. The summed E-state index contributed by atoms with van der Waals surface area (Å²) >= 11 is 2.26. The van der Waals surface area contributed by atoms with Gasteiger partial charge in [0.25, 0.3) is 11.1 Å². The Labute approximate surface area is 193 Å². The van der Waals surface area contributed by atoms with Crippen LogP contribution in [-0.4, -0.2) is 33.1 Å². The van der Waals surface area contributed by atoms with E-state index in [2.05, 4.69) is 11.4 Å². The molecule has 0 radical (unpaired) electrons. The van der Waals surface area contributed by atoms with Gasteiger partial charge in [0, 0.05) is 16.3 Å². The first-order chi connectivity index (χ1) is 15.4. The highest BCUT2D eigenvalue weighted by Crippen LogP contribution is 2.33. The molecule has 1 fully saturated rings. The van der Waals surface area contributed by atoms with E-state index in [9.17, 15) is 19.6 Å². The molecule has 1 aliphatic rings. The predicted molar refractivity (Wildman–Crippen MR) is 126 cm³/mol. The molecule has 3 amide bonds. The SMILES string of the molecule is Cc1c(C#N)c(NC(=O)CN2C(=O)S/C(=C\c3cccs3)C2=O)n(-c2ccccc2)c1C. The molecule has 160 valence electrons. The second-order valence-corrected chi connectivity index (χ2v) is 9.02. The van der Waals surface area contributed by atoms with Gasteiger partial charge in [-0.05, 0) is 60.8 Å². The monoisotopic (exact) mass is 462 g/mol. The van der Waals surface area contributed by atoms with E-state index in [1.807, 2.05) is 61.7 Å². The molecule has 7 nitrogen and oxygen atoms in total. The molecule has 4 rings (SSSR count). The lowest BCUT2D eigenvalue weighted by molar-refractivity contribution is -0.127. The second kappa shape index (κ2) is 8.86. The molecule has 0 atom stereocenters. The molecule has 0 aliphatic carbocycles. The minimum atomic E-state index is -0.559. The summed E-state index contributed by atoms with van der Waals surface area (Å²) in [5, 5.41) is 13.8. The summed E-state index contributed by atoms with van der Waals surface area (Å²) in [6.45, 7) is 3.24. The van der Waals surface area contributed by atoms with E-state index < -0.39 is 23.6 Å². The zero-order chi connectivity index (χ0) is 22.8. The van der Waals surface area contributed by atoms with E-state index >= 15 is 0 Å². The molecule has 1 aliphatic heterocycles. The summed E-state index contributed by atoms with van der Waals surface area (Å²) in [5.74, 6) is -0.745. The molecule has 9 heteroatoms. The molecule has 2 aromatic heterocycles. The van der Waals surface area contributed by atoms with Crippen LogP contribution >= 0.6 is 23.1 Å². The Morgan fingerprint density at radius 2 is 1.91 bits per heavy atom. The number of nitrogens with zero attached hydrogens (tertiary/aromatic N) is 3. The third kappa shape index (κ3) is 3.98. The van der Waals surface area contributed by atoms with Crippen molar-refractivity contribution >= 4 is 52.0 Å². The third-order valence-corrected chi connectivity index (χ3v) is 6.82. The van der Waals surface area contributed by atoms with Crippen LogP contribution in [0.1, 0.15) is 21.7 Å². The highest BCUT2D eigenvalue weighted by atomic mass is 32.2. The number of carbonyl (C=O) groups is 3. The first-order valence-corrected chi connectivity index (χ1v) is 11.4. The van der Waals surface area contributed by atoms with Crippen molar-refractivity contribution in [3.8, 4) is 11.8 Å². The fourth-order valence-corrected chi connectivity index (χ4v) is 4.98. The van der Waals surface area contributed by atoms with Crippen LogP contribution < -0.4 is 5.32 Å². The van der Waals surface area contributed by atoms with Crippen molar-refractivity contribution in [2.24, 2.45) is 0 Å². The first-order valence-electron chi connectivity index (χ1n) is 9.67. The van der Waals surface area contributed by atoms with Crippen LogP contribution in [0.2, 0.25) is 0 Å². The Hall–Kier alpha value is -3.61. The molecule has 0 unspecified atom stereocenters. The molecule has 0 saturated carbocycles. The number of hydrogen-bond donors (Lipinski definition) is 1.